The van der Waals surface area contributed by atoms with E-state index in [1.165, 1.54) is 17.3 Å². The number of ether oxygens (including phenoxy) is 1. The molecule has 0 bridgehead atoms. The first-order valence-corrected chi connectivity index (χ1v) is 7.50. The van der Waals surface area contributed by atoms with E-state index in [1.54, 1.807) is 7.11 Å². The first kappa shape index (κ1) is 14.4. The number of carbonyl (C=O) groups is 2. The topological polar surface area (TPSA) is 88.2 Å². The number of hydrogen-bond donors (Lipinski definition) is 1. The Morgan fingerprint density at radius 3 is 2.67 bits per heavy atom. The highest BCUT2D eigenvalue weighted by molar-refractivity contribution is 6.25. The number of aromatic nitrogens is 3. The van der Waals surface area contributed by atoms with Crippen molar-refractivity contribution in [3.05, 3.63) is 53.3 Å². The van der Waals surface area contributed by atoms with Crippen molar-refractivity contribution in [3.63, 3.8) is 0 Å². The number of rotatable bonds is 4. The van der Waals surface area contributed by atoms with Crippen LogP contribution in [0.25, 0.3) is 11.0 Å². The standard InChI is InChI=1S/C17H14N4O3/c1-24-11-4-2-10(3-5-11)6-7-21-16(22)13-8-18-15-12(9-19-20-15)14(13)17(21)23/h2-5,8-9H,6-7H2,1H3,(H,18,19,20). The van der Waals surface area contributed by atoms with Gasteiger partial charge in [0.1, 0.15) is 5.75 Å². The first-order chi connectivity index (χ1) is 11.7. The van der Waals surface area contributed by atoms with Gasteiger partial charge in [0.25, 0.3) is 11.8 Å². The molecule has 0 unspecified atom stereocenters. The summed E-state index contributed by atoms with van der Waals surface area (Å²) in [6, 6.07) is 7.56. The lowest BCUT2D eigenvalue weighted by molar-refractivity contribution is 0.0656. The molecular weight excluding hydrogens is 308 g/mol. The normalized spacial score (nSPS) is 13.6. The van der Waals surface area contributed by atoms with Gasteiger partial charge < -0.3 is 4.74 Å². The van der Waals surface area contributed by atoms with Crippen molar-refractivity contribution in [2.45, 2.75) is 6.42 Å². The maximum Gasteiger partial charge on any atom is 0.263 e. The van der Waals surface area contributed by atoms with Crippen LogP contribution in [0.3, 0.4) is 0 Å². The number of nitrogens with one attached hydrogen (secondary N) is 1. The number of hydrogen-bond acceptors (Lipinski definition) is 5. The second-order valence-electron chi connectivity index (χ2n) is 5.54. The lowest BCUT2D eigenvalue weighted by Gasteiger charge is -2.13. The molecule has 0 spiro atoms. The van der Waals surface area contributed by atoms with Gasteiger partial charge in [-0.15, -0.1) is 0 Å². The zero-order valence-electron chi connectivity index (χ0n) is 12.9. The molecule has 7 heteroatoms. The van der Waals surface area contributed by atoms with Crippen LogP contribution in [-0.4, -0.2) is 45.6 Å². The lowest BCUT2D eigenvalue weighted by Crippen LogP contribution is -2.31. The summed E-state index contributed by atoms with van der Waals surface area (Å²) in [6.07, 6.45) is 3.54. The fourth-order valence-electron chi connectivity index (χ4n) is 2.90. The van der Waals surface area contributed by atoms with Gasteiger partial charge in [0.15, 0.2) is 5.65 Å². The number of H-pyrrole nitrogens is 1. The van der Waals surface area contributed by atoms with Gasteiger partial charge in [-0.3, -0.25) is 19.6 Å². The molecule has 0 fully saturated rings. The number of amides is 2. The summed E-state index contributed by atoms with van der Waals surface area (Å²) < 4.78 is 5.12. The molecule has 2 aromatic heterocycles. The van der Waals surface area contributed by atoms with Crippen LogP contribution in [0.5, 0.6) is 5.75 Å². The van der Waals surface area contributed by atoms with Gasteiger partial charge in [-0.2, -0.15) is 5.10 Å². The fourth-order valence-corrected chi connectivity index (χ4v) is 2.90. The molecule has 1 aromatic carbocycles. The summed E-state index contributed by atoms with van der Waals surface area (Å²) in [5, 5.41) is 7.19. The Hall–Kier alpha value is -3.22. The Kier molecular flexibility index (Phi) is 3.26. The highest BCUT2D eigenvalue weighted by Gasteiger charge is 2.37. The highest BCUT2D eigenvalue weighted by atomic mass is 16.5. The number of fused-ring (bicyclic) bond motifs is 3. The summed E-state index contributed by atoms with van der Waals surface area (Å²) in [6.45, 7) is 0.317. The minimum Gasteiger partial charge on any atom is -0.497 e. The monoisotopic (exact) mass is 322 g/mol. The van der Waals surface area contributed by atoms with E-state index in [0.29, 0.717) is 35.1 Å². The van der Waals surface area contributed by atoms with E-state index in [-0.39, 0.29) is 11.8 Å². The predicted octanol–water partition coefficient (Wildman–Crippen LogP) is 1.81. The van der Waals surface area contributed by atoms with Gasteiger partial charge >= 0.3 is 0 Å². The molecule has 2 amide bonds. The van der Waals surface area contributed by atoms with Gasteiger partial charge in [0.05, 0.1) is 29.8 Å². The minimum atomic E-state index is -0.306. The third-order valence-corrected chi connectivity index (χ3v) is 4.20. The maximum absolute atomic E-state index is 12.7. The van der Waals surface area contributed by atoms with Crippen LogP contribution in [0, 0.1) is 0 Å². The van der Waals surface area contributed by atoms with E-state index in [1.807, 2.05) is 24.3 Å². The van der Waals surface area contributed by atoms with Crippen molar-refractivity contribution >= 4 is 22.8 Å². The van der Waals surface area contributed by atoms with Crippen LogP contribution in [0.4, 0.5) is 0 Å². The molecule has 0 radical (unpaired) electrons. The van der Waals surface area contributed by atoms with Crippen molar-refractivity contribution in [1.29, 1.82) is 0 Å². The summed E-state index contributed by atoms with van der Waals surface area (Å²) in [5.41, 5.74) is 2.25. The van der Waals surface area contributed by atoms with Crippen LogP contribution >= 0.6 is 0 Å². The molecule has 24 heavy (non-hydrogen) atoms. The van der Waals surface area contributed by atoms with Gasteiger partial charge in [-0.25, -0.2) is 4.98 Å². The molecule has 3 heterocycles. The van der Waals surface area contributed by atoms with E-state index in [9.17, 15) is 9.59 Å². The van der Waals surface area contributed by atoms with Crippen LogP contribution < -0.4 is 4.74 Å². The summed E-state index contributed by atoms with van der Waals surface area (Å²) in [4.78, 5) is 30.6. The lowest BCUT2D eigenvalue weighted by atomic mass is 10.1. The first-order valence-electron chi connectivity index (χ1n) is 7.50. The van der Waals surface area contributed by atoms with E-state index < -0.39 is 0 Å². The van der Waals surface area contributed by atoms with E-state index in [4.69, 9.17) is 4.74 Å². The number of nitrogens with zero attached hydrogens (tertiary/aromatic N) is 3. The molecule has 1 N–H and O–H groups in total. The van der Waals surface area contributed by atoms with Crippen LogP contribution in [0.15, 0.2) is 36.7 Å². The Morgan fingerprint density at radius 1 is 1.12 bits per heavy atom. The van der Waals surface area contributed by atoms with E-state index >= 15 is 0 Å². The number of imide groups is 1. The second-order valence-corrected chi connectivity index (χ2v) is 5.54. The molecular formula is C17H14N4O3. The summed E-state index contributed by atoms with van der Waals surface area (Å²) >= 11 is 0. The minimum absolute atomic E-state index is 0.294. The second kappa shape index (κ2) is 5.45. The molecule has 0 aliphatic carbocycles. The zero-order chi connectivity index (χ0) is 16.7. The van der Waals surface area contributed by atoms with E-state index in [2.05, 4.69) is 15.2 Å². The zero-order valence-corrected chi connectivity index (χ0v) is 12.9. The number of benzene rings is 1. The smallest absolute Gasteiger partial charge is 0.263 e. The molecule has 120 valence electrons. The van der Waals surface area contributed by atoms with Crippen molar-refractivity contribution < 1.29 is 14.3 Å². The predicted molar refractivity (Wildman–Crippen MR) is 86.0 cm³/mol. The van der Waals surface area contributed by atoms with E-state index in [0.717, 1.165) is 11.3 Å². The quantitative estimate of drug-likeness (QED) is 0.740. The maximum atomic E-state index is 12.7. The molecule has 1 aliphatic rings. The number of aromatic amines is 1. The Bertz CT molecular complexity index is 946. The molecule has 0 saturated heterocycles. The third kappa shape index (κ3) is 2.13. The van der Waals surface area contributed by atoms with Crippen LogP contribution in [0.1, 0.15) is 26.3 Å². The summed E-state index contributed by atoms with van der Waals surface area (Å²) in [7, 11) is 1.61. The number of methoxy groups -OCH3 is 1. The highest BCUT2D eigenvalue weighted by Crippen LogP contribution is 2.28. The number of carbonyl (C=O) groups excluding carboxylic acids is 2. The summed E-state index contributed by atoms with van der Waals surface area (Å²) in [5.74, 6) is 0.171. The van der Waals surface area contributed by atoms with Gasteiger partial charge in [-0.05, 0) is 24.1 Å². The number of pyridine rings is 1. The van der Waals surface area contributed by atoms with Crippen molar-refractivity contribution in [2.75, 3.05) is 13.7 Å². The van der Waals surface area contributed by atoms with Gasteiger partial charge in [-0.1, -0.05) is 12.1 Å². The van der Waals surface area contributed by atoms with Crippen molar-refractivity contribution in [2.24, 2.45) is 0 Å². The van der Waals surface area contributed by atoms with Crippen LogP contribution in [-0.2, 0) is 6.42 Å². The average molecular weight is 322 g/mol. The fraction of sp³-hybridized carbons (Fsp3) is 0.176. The van der Waals surface area contributed by atoms with Crippen molar-refractivity contribution in [1.82, 2.24) is 20.1 Å². The molecule has 7 nitrogen and oxygen atoms in total. The van der Waals surface area contributed by atoms with Crippen LogP contribution in [0.2, 0.25) is 0 Å². The van der Waals surface area contributed by atoms with Gasteiger partial charge in [0, 0.05) is 12.7 Å². The molecule has 0 saturated carbocycles. The Balaban J connectivity index is 1.58. The van der Waals surface area contributed by atoms with Gasteiger partial charge in [0.2, 0.25) is 0 Å². The molecule has 4 rings (SSSR count). The average Bonchev–Trinajstić information content (AvgIpc) is 3.17. The van der Waals surface area contributed by atoms with Crippen molar-refractivity contribution in [3.8, 4) is 5.75 Å². The molecule has 0 atom stereocenters. The largest absolute Gasteiger partial charge is 0.497 e. The third-order valence-electron chi connectivity index (χ3n) is 4.20. The Morgan fingerprint density at radius 2 is 1.92 bits per heavy atom. The molecule has 1 aliphatic heterocycles. The Labute approximate surface area is 137 Å². The SMILES string of the molecule is COc1ccc(CCN2C(=O)c3cnc4[nH]ncc4c3C2=O)cc1. The molecule has 3 aromatic rings.